The van der Waals surface area contributed by atoms with Gasteiger partial charge in [-0.2, -0.15) is 8.42 Å². The van der Waals surface area contributed by atoms with Gasteiger partial charge in [-0.25, -0.2) is 0 Å². The number of rotatable bonds is 9. The number of carbonyl (C=O) groups is 1. The SMILES string of the molecule is C=CCN1C(=O)/C(=C/c2ccc(OC)c(OCc3ccccc3Cl)c2)SC1=NS(=O)(=O)c1cccs1. The van der Waals surface area contributed by atoms with Gasteiger partial charge in [-0.3, -0.25) is 9.69 Å². The lowest BCUT2D eigenvalue weighted by Gasteiger charge is -2.13. The van der Waals surface area contributed by atoms with E-state index in [1.807, 2.05) is 18.2 Å². The van der Waals surface area contributed by atoms with Crippen molar-refractivity contribution in [3.8, 4) is 11.5 Å². The zero-order chi connectivity index (χ0) is 25.7. The quantitative estimate of drug-likeness (QED) is 0.241. The smallest absolute Gasteiger partial charge is 0.294 e. The zero-order valence-corrected chi connectivity index (χ0v) is 22.3. The fraction of sp³-hybridized carbons (Fsp3) is 0.120. The molecule has 4 rings (SSSR count). The van der Waals surface area contributed by atoms with Crippen LogP contribution in [0, 0.1) is 0 Å². The number of carbonyl (C=O) groups excluding carboxylic acids is 1. The maximum absolute atomic E-state index is 13.1. The lowest BCUT2D eigenvalue weighted by atomic mass is 10.1. The van der Waals surface area contributed by atoms with E-state index >= 15 is 0 Å². The Kier molecular flexibility index (Phi) is 8.20. The summed E-state index contributed by atoms with van der Waals surface area (Å²) in [7, 11) is -2.40. The highest BCUT2D eigenvalue weighted by Gasteiger charge is 2.34. The first-order valence-corrected chi connectivity index (χ1v) is 14.1. The second-order valence-corrected chi connectivity index (χ2v) is 11.6. The number of methoxy groups -OCH3 is 1. The molecule has 36 heavy (non-hydrogen) atoms. The first-order chi connectivity index (χ1) is 17.3. The molecule has 11 heteroatoms. The summed E-state index contributed by atoms with van der Waals surface area (Å²) in [6.45, 7) is 4.02. The van der Waals surface area contributed by atoms with Crippen LogP contribution >= 0.6 is 34.7 Å². The first kappa shape index (κ1) is 26.0. The van der Waals surface area contributed by atoms with Crippen molar-refractivity contribution in [1.82, 2.24) is 4.90 Å². The van der Waals surface area contributed by atoms with E-state index in [2.05, 4.69) is 11.0 Å². The molecule has 1 aliphatic rings. The Bertz CT molecular complexity index is 1450. The van der Waals surface area contributed by atoms with E-state index in [0.29, 0.717) is 27.0 Å². The monoisotopic (exact) mass is 560 g/mol. The van der Waals surface area contributed by atoms with E-state index in [9.17, 15) is 13.2 Å². The molecule has 0 N–H and O–H groups in total. The molecular weight excluding hydrogens is 540 g/mol. The van der Waals surface area contributed by atoms with Crippen molar-refractivity contribution in [2.75, 3.05) is 13.7 Å². The normalized spacial score (nSPS) is 16.1. The second kappa shape index (κ2) is 11.3. The number of nitrogens with zero attached hydrogens (tertiary/aromatic N) is 2. The van der Waals surface area contributed by atoms with Crippen LogP contribution in [0.2, 0.25) is 5.02 Å². The molecule has 0 aliphatic carbocycles. The van der Waals surface area contributed by atoms with Gasteiger partial charge in [0, 0.05) is 17.1 Å². The van der Waals surface area contributed by atoms with Gasteiger partial charge in [-0.05, 0) is 53.0 Å². The summed E-state index contributed by atoms with van der Waals surface area (Å²) >= 11 is 8.28. The number of thioether (sulfide) groups is 1. The van der Waals surface area contributed by atoms with Crippen LogP contribution in [-0.2, 0) is 21.4 Å². The molecule has 0 spiro atoms. The summed E-state index contributed by atoms with van der Waals surface area (Å²) in [5.74, 6) is 0.626. The van der Waals surface area contributed by atoms with Gasteiger partial charge in [0.1, 0.15) is 10.8 Å². The Balaban J connectivity index is 1.63. The standard InChI is InChI=1S/C25H21ClN2O5S3/c1-3-12-28-24(29)22(35-25(28)27-36(30,31)23-9-6-13-34-23)15-17-10-11-20(32-2)21(14-17)33-16-18-7-4-5-8-19(18)26/h3-11,13-15H,1,12,16H2,2H3/b22-15-,27-25?. The van der Waals surface area contributed by atoms with Crippen LogP contribution < -0.4 is 9.47 Å². The molecule has 0 bridgehead atoms. The van der Waals surface area contributed by atoms with E-state index in [4.69, 9.17) is 21.1 Å². The summed E-state index contributed by atoms with van der Waals surface area (Å²) in [5, 5.41) is 2.32. The third kappa shape index (κ3) is 5.84. The number of benzene rings is 2. The minimum atomic E-state index is -3.94. The summed E-state index contributed by atoms with van der Waals surface area (Å²) in [6.07, 6.45) is 3.17. The van der Waals surface area contributed by atoms with E-state index in [-0.39, 0.29) is 28.4 Å². The number of sulfonamides is 1. The molecule has 0 saturated carbocycles. The highest BCUT2D eigenvalue weighted by Crippen LogP contribution is 2.36. The minimum absolute atomic E-state index is 0.0725. The number of amides is 1. The number of halogens is 1. The van der Waals surface area contributed by atoms with Crippen molar-refractivity contribution < 1.29 is 22.7 Å². The molecule has 1 fully saturated rings. The molecule has 1 amide bonds. The van der Waals surface area contributed by atoms with Gasteiger partial charge < -0.3 is 9.47 Å². The largest absolute Gasteiger partial charge is 0.493 e. The molecular formula is C25H21ClN2O5S3. The van der Waals surface area contributed by atoms with Crippen LogP contribution in [0.4, 0.5) is 0 Å². The molecule has 2 aromatic carbocycles. The topological polar surface area (TPSA) is 85.3 Å². The summed E-state index contributed by atoms with van der Waals surface area (Å²) in [4.78, 5) is 14.7. The Morgan fingerprint density at radius 3 is 2.64 bits per heavy atom. The van der Waals surface area contributed by atoms with Crippen molar-refractivity contribution >= 4 is 61.9 Å². The van der Waals surface area contributed by atoms with Crippen LogP contribution in [0.1, 0.15) is 11.1 Å². The minimum Gasteiger partial charge on any atom is -0.493 e. The first-order valence-electron chi connectivity index (χ1n) is 10.6. The maximum atomic E-state index is 13.1. The van der Waals surface area contributed by atoms with Gasteiger partial charge >= 0.3 is 0 Å². The maximum Gasteiger partial charge on any atom is 0.294 e. The van der Waals surface area contributed by atoms with Gasteiger partial charge in [0.2, 0.25) is 0 Å². The number of ether oxygens (including phenoxy) is 2. The molecule has 1 aromatic heterocycles. The average Bonchev–Trinajstić information content (AvgIpc) is 3.50. The summed E-state index contributed by atoms with van der Waals surface area (Å²) < 4.78 is 40.8. The number of amidine groups is 1. The van der Waals surface area contributed by atoms with Gasteiger partial charge in [0.15, 0.2) is 16.7 Å². The zero-order valence-electron chi connectivity index (χ0n) is 19.1. The van der Waals surface area contributed by atoms with Crippen molar-refractivity contribution in [2.24, 2.45) is 4.40 Å². The highest BCUT2D eigenvalue weighted by atomic mass is 35.5. The van der Waals surface area contributed by atoms with Crippen LogP contribution in [0.5, 0.6) is 11.5 Å². The van der Waals surface area contributed by atoms with Gasteiger partial charge in [0.05, 0.1) is 12.0 Å². The lowest BCUT2D eigenvalue weighted by molar-refractivity contribution is -0.121. The number of hydrogen-bond acceptors (Lipinski definition) is 7. The van der Waals surface area contributed by atoms with E-state index in [1.165, 1.54) is 24.2 Å². The van der Waals surface area contributed by atoms with E-state index in [1.54, 1.807) is 41.8 Å². The second-order valence-electron chi connectivity index (χ2n) is 7.39. The molecule has 2 heterocycles. The number of hydrogen-bond donors (Lipinski definition) is 0. The number of thiophene rings is 1. The van der Waals surface area contributed by atoms with Crippen molar-refractivity contribution in [1.29, 1.82) is 0 Å². The Morgan fingerprint density at radius 2 is 1.94 bits per heavy atom. The Hall–Kier alpha value is -3.05. The van der Waals surface area contributed by atoms with Gasteiger partial charge in [-0.15, -0.1) is 22.3 Å². The molecule has 0 atom stereocenters. The average molecular weight is 561 g/mol. The molecule has 0 radical (unpaired) electrons. The predicted molar refractivity (Wildman–Crippen MR) is 145 cm³/mol. The van der Waals surface area contributed by atoms with E-state index in [0.717, 1.165) is 28.7 Å². The Labute approximate surface area is 222 Å². The molecule has 1 saturated heterocycles. The van der Waals surface area contributed by atoms with Crippen LogP contribution in [0.3, 0.4) is 0 Å². The summed E-state index contributed by atoms with van der Waals surface area (Å²) in [5.41, 5.74) is 1.49. The van der Waals surface area contributed by atoms with Crippen molar-refractivity contribution in [3.05, 3.63) is 93.7 Å². The predicted octanol–water partition coefficient (Wildman–Crippen LogP) is 5.84. The fourth-order valence-corrected chi connectivity index (χ4v) is 6.59. The third-order valence-corrected chi connectivity index (χ3v) is 9.10. The van der Waals surface area contributed by atoms with Crippen LogP contribution in [0.25, 0.3) is 6.08 Å². The van der Waals surface area contributed by atoms with Gasteiger partial charge in [0.25, 0.3) is 15.9 Å². The molecule has 186 valence electrons. The summed E-state index contributed by atoms with van der Waals surface area (Å²) in [6, 6.07) is 15.7. The molecule has 0 unspecified atom stereocenters. The highest BCUT2D eigenvalue weighted by molar-refractivity contribution is 8.19. The molecule has 7 nitrogen and oxygen atoms in total. The molecule has 1 aliphatic heterocycles. The lowest BCUT2D eigenvalue weighted by Crippen LogP contribution is -2.29. The Morgan fingerprint density at radius 1 is 1.14 bits per heavy atom. The third-order valence-electron chi connectivity index (χ3n) is 4.97. The van der Waals surface area contributed by atoms with E-state index < -0.39 is 10.0 Å². The van der Waals surface area contributed by atoms with Crippen molar-refractivity contribution in [2.45, 2.75) is 10.8 Å². The fourth-order valence-electron chi connectivity index (χ4n) is 3.24. The van der Waals surface area contributed by atoms with Crippen LogP contribution in [0.15, 0.2) is 86.1 Å². The van der Waals surface area contributed by atoms with Crippen molar-refractivity contribution in [3.63, 3.8) is 0 Å². The molecule has 3 aromatic rings. The van der Waals surface area contributed by atoms with Crippen LogP contribution in [-0.4, -0.2) is 38.0 Å². The van der Waals surface area contributed by atoms with Gasteiger partial charge in [-0.1, -0.05) is 48.0 Å².